The predicted octanol–water partition coefficient (Wildman–Crippen LogP) is 1.16. The van der Waals surface area contributed by atoms with Crippen molar-refractivity contribution in [3.05, 3.63) is 46.2 Å². The molecule has 0 amide bonds. The molecule has 0 spiro atoms. The number of phenols is 1. The Morgan fingerprint density at radius 2 is 1.73 bits per heavy atom. The number of benzene rings is 1. The van der Waals surface area contributed by atoms with E-state index in [4.69, 9.17) is 0 Å². The molecule has 3 aliphatic rings. The van der Waals surface area contributed by atoms with Crippen molar-refractivity contribution in [1.82, 2.24) is 4.90 Å². The van der Waals surface area contributed by atoms with Gasteiger partial charge >= 0.3 is 0 Å². The number of phenolic OH excluding ortho intramolecular Hbond substituents is 1. The first-order valence-corrected chi connectivity index (χ1v) is 9.73. The van der Waals surface area contributed by atoms with Crippen molar-refractivity contribution in [2.24, 2.45) is 11.8 Å². The zero-order valence-electron chi connectivity index (χ0n) is 17.2. The maximum atomic E-state index is 13.6. The SMILES string of the molecule is CC1=C(O)[C@@]2(O)C(=O)C3=C(O)c4c(O)cccc4[C@@](C)(O)[C@H]3C[C@H]2[C@H](N(C)C)C1=O. The number of Topliss-reactive ketones (excluding diaryl/α,β-unsaturated/α-hetero) is 2. The fraction of sp³-hybridized carbons (Fsp3) is 0.455. The van der Waals surface area contributed by atoms with Crippen LogP contribution < -0.4 is 0 Å². The number of hydrogen-bond acceptors (Lipinski definition) is 8. The first-order valence-electron chi connectivity index (χ1n) is 9.73. The van der Waals surface area contributed by atoms with Gasteiger partial charge in [0, 0.05) is 23.0 Å². The van der Waals surface area contributed by atoms with Gasteiger partial charge in [0.2, 0.25) is 5.78 Å². The first kappa shape index (κ1) is 20.6. The molecule has 160 valence electrons. The number of aliphatic hydroxyl groups excluding tert-OH is 2. The molecule has 1 saturated carbocycles. The Labute approximate surface area is 173 Å². The summed E-state index contributed by atoms with van der Waals surface area (Å²) < 4.78 is 0. The van der Waals surface area contributed by atoms with Crippen LogP contribution >= 0.6 is 0 Å². The lowest BCUT2D eigenvalue weighted by Gasteiger charge is -2.53. The quantitative estimate of drug-likeness (QED) is 0.461. The molecule has 5 N–H and O–H groups in total. The average molecular weight is 415 g/mol. The van der Waals surface area contributed by atoms with Crippen molar-refractivity contribution in [3.63, 3.8) is 0 Å². The third-order valence-electron chi connectivity index (χ3n) is 7.02. The Balaban J connectivity index is 2.03. The second-order valence-electron chi connectivity index (χ2n) is 8.85. The summed E-state index contributed by atoms with van der Waals surface area (Å²) in [6, 6.07) is 3.48. The third-order valence-corrected chi connectivity index (χ3v) is 7.02. The minimum absolute atomic E-state index is 0.0460. The number of carbonyl (C=O) groups is 2. The summed E-state index contributed by atoms with van der Waals surface area (Å²) in [7, 11) is 3.27. The molecule has 0 bridgehead atoms. The summed E-state index contributed by atoms with van der Waals surface area (Å²) >= 11 is 0. The lowest BCUT2D eigenvalue weighted by atomic mass is 9.54. The minimum atomic E-state index is -2.43. The number of hydrogen-bond donors (Lipinski definition) is 5. The van der Waals surface area contributed by atoms with Crippen molar-refractivity contribution in [2.75, 3.05) is 14.1 Å². The smallest absolute Gasteiger partial charge is 0.202 e. The zero-order chi connectivity index (χ0) is 22.3. The molecule has 0 saturated heterocycles. The molecule has 0 radical (unpaired) electrons. The van der Waals surface area contributed by atoms with Gasteiger partial charge in [-0.25, -0.2) is 0 Å². The monoisotopic (exact) mass is 415 g/mol. The minimum Gasteiger partial charge on any atom is -0.508 e. The van der Waals surface area contributed by atoms with Crippen molar-refractivity contribution in [2.45, 2.75) is 37.5 Å². The van der Waals surface area contributed by atoms with Crippen LogP contribution in [-0.4, -0.2) is 67.7 Å². The van der Waals surface area contributed by atoms with Gasteiger partial charge in [0.1, 0.15) is 17.3 Å². The summed E-state index contributed by atoms with van der Waals surface area (Å²) in [4.78, 5) is 28.0. The highest BCUT2D eigenvalue weighted by molar-refractivity contribution is 6.14. The molecule has 30 heavy (non-hydrogen) atoms. The van der Waals surface area contributed by atoms with Crippen LogP contribution in [0.3, 0.4) is 0 Å². The Kier molecular flexibility index (Phi) is 4.23. The molecule has 1 fully saturated rings. The van der Waals surface area contributed by atoms with Crippen LogP contribution in [0.25, 0.3) is 5.76 Å². The molecule has 0 aliphatic heterocycles. The largest absolute Gasteiger partial charge is 0.508 e. The molecule has 1 aromatic rings. The van der Waals surface area contributed by atoms with Crippen molar-refractivity contribution >= 4 is 17.3 Å². The lowest BCUT2D eigenvalue weighted by Crippen LogP contribution is -2.66. The van der Waals surface area contributed by atoms with Gasteiger partial charge in [0.25, 0.3) is 0 Å². The van der Waals surface area contributed by atoms with E-state index >= 15 is 0 Å². The highest BCUT2D eigenvalue weighted by atomic mass is 16.3. The van der Waals surface area contributed by atoms with Crippen molar-refractivity contribution in [1.29, 1.82) is 0 Å². The second kappa shape index (κ2) is 6.16. The third kappa shape index (κ3) is 2.26. The topological polar surface area (TPSA) is 139 Å². The van der Waals surface area contributed by atoms with Gasteiger partial charge in [-0.3, -0.25) is 14.5 Å². The number of rotatable bonds is 1. The van der Waals surface area contributed by atoms with Gasteiger partial charge in [0.05, 0.1) is 17.2 Å². The predicted molar refractivity (Wildman–Crippen MR) is 107 cm³/mol. The fourth-order valence-corrected chi connectivity index (χ4v) is 5.43. The number of fused-ring (bicyclic) bond motifs is 3. The van der Waals surface area contributed by atoms with Gasteiger partial charge in [0.15, 0.2) is 11.4 Å². The number of carbonyl (C=O) groups excluding carboxylic acids is 2. The van der Waals surface area contributed by atoms with Crippen molar-refractivity contribution in [3.8, 4) is 5.75 Å². The lowest BCUT2D eigenvalue weighted by molar-refractivity contribution is -0.158. The molecule has 3 aliphatic carbocycles. The van der Waals surface area contributed by atoms with Crippen LogP contribution in [0.4, 0.5) is 0 Å². The summed E-state index contributed by atoms with van der Waals surface area (Å²) in [5.41, 5.74) is -4.32. The van der Waals surface area contributed by atoms with E-state index < -0.39 is 52.2 Å². The number of nitrogens with zero attached hydrogens (tertiary/aromatic N) is 1. The Hall–Kier alpha value is -2.68. The maximum absolute atomic E-state index is 13.6. The molecule has 1 aromatic carbocycles. The Morgan fingerprint density at radius 3 is 2.33 bits per heavy atom. The maximum Gasteiger partial charge on any atom is 0.202 e. The highest BCUT2D eigenvalue weighted by Crippen LogP contribution is 2.57. The van der Waals surface area contributed by atoms with Gasteiger partial charge in [-0.15, -0.1) is 0 Å². The van der Waals surface area contributed by atoms with Crippen LogP contribution in [0.5, 0.6) is 5.75 Å². The molecular formula is C22H25NO7. The number of likely N-dealkylation sites (N-methyl/N-ethyl adjacent to an activating group) is 1. The number of aromatic hydroxyl groups is 1. The van der Waals surface area contributed by atoms with Gasteiger partial charge in [-0.05, 0) is 46.0 Å². The average Bonchev–Trinajstić information content (AvgIpc) is 2.67. The molecule has 8 heteroatoms. The molecule has 0 heterocycles. The summed E-state index contributed by atoms with van der Waals surface area (Å²) in [6.45, 7) is 2.81. The summed E-state index contributed by atoms with van der Waals surface area (Å²) in [6.07, 6.45) is -0.0460. The van der Waals surface area contributed by atoms with Crippen LogP contribution in [-0.2, 0) is 15.2 Å². The van der Waals surface area contributed by atoms with Crippen LogP contribution in [0, 0.1) is 11.8 Å². The Bertz CT molecular complexity index is 1050. The molecule has 5 atom stereocenters. The number of aliphatic hydroxyl groups is 4. The highest BCUT2D eigenvalue weighted by Gasteiger charge is 2.65. The van der Waals surface area contributed by atoms with E-state index in [1.54, 1.807) is 25.1 Å². The molecular weight excluding hydrogens is 390 g/mol. The molecule has 8 nitrogen and oxygen atoms in total. The molecule has 4 rings (SSSR count). The fourth-order valence-electron chi connectivity index (χ4n) is 5.43. The van der Waals surface area contributed by atoms with E-state index in [0.29, 0.717) is 0 Å². The van der Waals surface area contributed by atoms with Gasteiger partial charge < -0.3 is 25.5 Å². The normalized spacial score (nSPS) is 36.0. The van der Waals surface area contributed by atoms with Gasteiger partial charge in [-0.1, -0.05) is 12.1 Å². The summed E-state index contributed by atoms with van der Waals surface area (Å²) in [5.74, 6) is -4.98. The first-order chi connectivity index (χ1) is 13.9. The van der Waals surface area contributed by atoms with E-state index in [-0.39, 0.29) is 34.4 Å². The molecule has 0 unspecified atom stereocenters. The second-order valence-corrected chi connectivity index (χ2v) is 8.85. The van der Waals surface area contributed by atoms with E-state index in [1.165, 1.54) is 26.0 Å². The van der Waals surface area contributed by atoms with E-state index in [9.17, 15) is 35.1 Å². The van der Waals surface area contributed by atoms with E-state index in [2.05, 4.69) is 0 Å². The van der Waals surface area contributed by atoms with Gasteiger partial charge in [-0.2, -0.15) is 0 Å². The van der Waals surface area contributed by atoms with Crippen LogP contribution in [0.2, 0.25) is 0 Å². The summed E-state index contributed by atoms with van der Waals surface area (Å²) in [5, 5.41) is 54.7. The van der Waals surface area contributed by atoms with Crippen LogP contribution in [0.15, 0.2) is 35.1 Å². The zero-order valence-corrected chi connectivity index (χ0v) is 17.2. The standard InChI is InChI=1S/C22H25NO7/c1-9-17(25)16(23(3)4)12-8-11-15(20(28)22(12,30)19(9)27)18(26)14-10(21(11,2)29)6-5-7-13(14)24/h5-7,11-12,16,24,26-27,29-30H,8H2,1-4H3/t11-,12-,16-,21+,22+/m0/s1. The number of ketones is 2. The van der Waals surface area contributed by atoms with Crippen molar-refractivity contribution < 1.29 is 35.1 Å². The Morgan fingerprint density at radius 1 is 1.10 bits per heavy atom. The van der Waals surface area contributed by atoms with E-state index in [0.717, 1.165) is 0 Å². The van der Waals surface area contributed by atoms with E-state index in [1.807, 2.05) is 0 Å². The molecule has 0 aromatic heterocycles. The van der Waals surface area contributed by atoms with Crippen LogP contribution in [0.1, 0.15) is 31.4 Å².